The van der Waals surface area contributed by atoms with Gasteiger partial charge in [-0.25, -0.2) is 9.67 Å². The van der Waals surface area contributed by atoms with Crippen molar-refractivity contribution in [3.63, 3.8) is 0 Å². The van der Waals surface area contributed by atoms with Crippen molar-refractivity contribution in [3.05, 3.63) is 12.2 Å². The molecule has 1 fully saturated rings. The van der Waals surface area contributed by atoms with Crippen LogP contribution in [0.1, 0.15) is 39.4 Å². The highest BCUT2D eigenvalue weighted by molar-refractivity contribution is 4.90. The van der Waals surface area contributed by atoms with E-state index in [0.717, 1.165) is 31.3 Å². The number of nitrogens with zero attached hydrogens (tertiary/aromatic N) is 3. The first-order chi connectivity index (χ1) is 8.15. The SMILES string of the molecule is CC(C)Cn1ncnc1CC1CCC(C)NC1. The monoisotopic (exact) mass is 236 g/mol. The molecule has 1 aliphatic rings. The molecule has 0 aromatic carbocycles. The molecule has 1 N–H and O–H groups in total. The highest BCUT2D eigenvalue weighted by atomic mass is 15.3. The summed E-state index contributed by atoms with van der Waals surface area (Å²) < 4.78 is 2.07. The van der Waals surface area contributed by atoms with Gasteiger partial charge in [0, 0.05) is 19.0 Å². The second kappa shape index (κ2) is 5.63. The van der Waals surface area contributed by atoms with E-state index < -0.39 is 0 Å². The second-order valence-corrected chi connectivity index (χ2v) is 5.71. The van der Waals surface area contributed by atoms with Crippen LogP contribution in [0.2, 0.25) is 0 Å². The first kappa shape index (κ1) is 12.6. The lowest BCUT2D eigenvalue weighted by Crippen LogP contribution is -2.38. The van der Waals surface area contributed by atoms with Crippen LogP contribution in [0, 0.1) is 11.8 Å². The van der Waals surface area contributed by atoms with E-state index >= 15 is 0 Å². The van der Waals surface area contributed by atoms with Crippen molar-refractivity contribution in [2.24, 2.45) is 11.8 Å². The molecule has 4 heteroatoms. The lowest BCUT2D eigenvalue weighted by Gasteiger charge is -2.27. The van der Waals surface area contributed by atoms with Crippen LogP contribution in [0.3, 0.4) is 0 Å². The molecule has 2 heterocycles. The molecular weight excluding hydrogens is 212 g/mol. The Kier molecular flexibility index (Phi) is 4.15. The van der Waals surface area contributed by atoms with Gasteiger partial charge in [0.15, 0.2) is 0 Å². The van der Waals surface area contributed by atoms with Crippen LogP contribution in [0.15, 0.2) is 6.33 Å². The maximum atomic E-state index is 4.41. The van der Waals surface area contributed by atoms with Crippen LogP contribution in [0.4, 0.5) is 0 Å². The van der Waals surface area contributed by atoms with Crippen molar-refractivity contribution in [2.45, 2.75) is 52.6 Å². The van der Waals surface area contributed by atoms with Gasteiger partial charge < -0.3 is 5.32 Å². The summed E-state index contributed by atoms with van der Waals surface area (Å²) in [6, 6.07) is 0.680. The molecule has 2 atom stereocenters. The number of rotatable bonds is 4. The Balaban J connectivity index is 1.92. The predicted molar refractivity (Wildman–Crippen MR) is 68.8 cm³/mol. The van der Waals surface area contributed by atoms with Crippen LogP contribution in [-0.4, -0.2) is 27.4 Å². The van der Waals surface area contributed by atoms with E-state index in [4.69, 9.17) is 0 Å². The van der Waals surface area contributed by atoms with E-state index in [1.165, 1.54) is 12.8 Å². The molecule has 17 heavy (non-hydrogen) atoms. The zero-order valence-electron chi connectivity index (χ0n) is 11.2. The Labute approximate surface area is 104 Å². The fraction of sp³-hybridized carbons (Fsp3) is 0.846. The van der Waals surface area contributed by atoms with Gasteiger partial charge in [0.05, 0.1) is 0 Å². The van der Waals surface area contributed by atoms with Crippen LogP contribution in [0.5, 0.6) is 0 Å². The van der Waals surface area contributed by atoms with Crippen molar-refractivity contribution >= 4 is 0 Å². The summed E-state index contributed by atoms with van der Waals surface area (Å²) in [5.74, 6) is 2.50. The zero-order chi connectivity index (χ0) is 12.3. The molecule has 1 saturated heterocycles. The average Bonchev–Trinajstić information content (AvgIpc) is 2.68. The van der Waals surface area contributed by atoms with Gasteiger partial charge in [-0.3, -0.25) is 0 Å². The van der Waals surface area contributed by atoms with Crippen molar-refractivity contribution < 1.29 is 0 Å². The molecule has 96 valence electrons. The number of hydrogen-bond acceptors (Lipinski definition) is 3. The van der Waals surface area contributed by atoms with Gasteiger partial charge in [-0.15, -0.1) is 0 Å². The average molecular weight is 236 g/mol. The van der Waals surface area contributed by atoms with E-state index in [2.05, 4.69) is 40.9 Å². The van der Waals surface area contributed by atoms with E-state index in [1.807, 2.05) is 0 Å². The van der Waals surface area contributed by atoms with E-state index in [1.54, 1.807) is 6.33 Å². The molecule has 2 unspecified atom stereocenters. The first-order valence-electron chi connectivity index (χ1n) is 6.75. The van der Waals surface area contributed by atoms with Gasteiger partial charge in [0.25, 0.3) is 0 Å². The Bertz CT molecular complexity index is 337. The quantitative estimate of drug-likeness (QED) is 0.868. The summed E-state index contributed by atoms with van der Waals surface area (Å²) in [7, 11) is 0. The smallest absolute Gasteiger partial charge is 0.138 e. The molecule has 4 nitrogen and oxygen atoms in total. The molecule has 0 saturated carbocycles. The Morgan fingerprint density at radius 1 is 1.47 bits per heavy atom. The third-order valence-electron chi connectivity index (χ3n) is 3.47. The third-order valence-corrected chi connectivity index (χ3v) is 3.47. The van der Waals surface area contributed by atoms with Crippen molar-refractivity contribution in [1.29, 1.82) is 0 Å². The molecule has 1 aromatic heterocycles. The van der Waals surface area contributed by atoms with E-state index in [9.17, 15) is 0 Å². The minimum Gasteiger partial charge on any atom is -0.314 e. The van der Waals surface area contributed by atoms with Gasteiger partial charge in [-0.05, 0) is 38.1 Å². The minimum absolute atomic E-state index is 0.625. The molecule has 0 bridgehead atoms. The first-order valence-corrected chi connectivity index (χ1v) is 6.75. The van der Waals surface area contributed by atoms with Crippen molar-refractivity contribution in [2.75, 3.05) is 6.54 Å². The maximum absolute atomic E-state index is 4.41. The molecule has 0 aliphatic carbocycles. The summed E-state index contributed by atoms with van der Waals surface area (Å²) in [6.45, 7) is 8.80. The van der Waals surface area contributed by atoms with Crippen LogP contribution < -0.4 is 5.32 Å². The lowest BCUT2D eigenvalue weighted by atomic mass is 9.92. The van der Waals surface area contributed by atoms with Gasteiger partial charge >= 0.3 is 0 Å². The number of aromatic nitrogens is 3. The molecule has 2 rings (SSSR count). The van der Waals surface area contributed by atoms with Gasteiger partial charge in [-0.2, -0.15) is 5.10 Å². The minimum atomic E-state index is 0.625. The van der Waals surface area contributed by atoms with E-state index in [0.29, 0.717) is 12.0 Å². The van der Waals surface area contributed by atoms with Gasteiger partial charge in [-0.1, -0.05) is 13.8 Å². The van der Waals surface area contributed by atoms with Crippen LogP contribution >= 0.6 is 0 Å². The van der Waals surface area contributed by atoms with E-state index in [-0.39, 0.29) is 0 Å². The Morgan fingerprint density at radius 2 is 2.29 bits per heavy atom. The van der Waals surface area contributed by atoms with Crippen LogP contribution in [0.25, 0.3) is 0 Å². The highest BCUT2D eigenvalue weighted by Crippen LogP contribution is 2.18. The maximum Gasteiger partial charge on any atom is 0.138 e. The summed E-state index contributed by atoms with van der Waals surface area (Å²) in [6.07, 6.45) is 5.34. The normalized spacial score (nSPS) is 25.4. The third kappa shape index (κ3) is 3.53. The molecule has 0 spiro atoms. The Morgan fingerprint density at radius 3 is 2.94 bits per heavy atom. The van der Waals surface area contributed by atoms with Crippen molar-refractivity contribution in [3.8, 4) is 0 Å². The standard InChI is InChI=1S/C13H24N4/c1-10(2)8-17-13(15-9-16-17)6-12-5-4-11(3)14-7-12/h9-12,14H,4-8H2,1-3H3. The lowest BCUT2D eigenvalue weighted by molar-refractivity contribution is 0.312. The fourth-order valence-corrected chi connectivity index (χ4v) is 2.43. The topological polar surface area (TPSA) is 42.7 Å². The van der Waals surface area contributed by atoms with Gasteiger partial charge in [0.1, 0.15) is 12.2 Å². The van der Waals surface area contributed by atoms with Gasteiger partial charge in [0.2, 0.25) is 0 Å². The molecule has 1 aromatic rings. The summed E-state index contributed by atoms with van der Waals surface area (Å²) in [5.41, 5.74) is 0. The number of nitrogens with one attached hydrogen (secondary N) is 1. The number of hydrogen-bond donors (Lipinski definition) is 1. The molecule has 0 radical (unpaired) electrons. The number of piperidine rings is 1. The summed E-state index contributed by atoms with van der Waals surface area (Å²) in [5, 5.41) is 7.87. The van der Waals surface area contributed by atoms with Crippen molar-refractivity contribution in [1.82, 2.24) is 20.1 Å². The summed E-state index contributed by atoms with van der Waals surface area (Å²) >= 11 is 0. The second-order valence-electron chi connectivity index (χ2n) is 5.71. The zero-order valence-corrected chi connectivity index (χ0v) is 11.2. The summed E-state index contributed by atoms with van der Waals surface area (Å²) in [4.78, 5) is 4.41. The molecule has 0 amide bonds. The largest absolute Gasteiger partial charge is 0.314 e. The highest BCUT2D eigenvalue weighted by Gasteiger charge is 2.20. The molecule has 1 aliphatic heterocycles. The predicted octanol–water partition coefficient (Wildman–Crippen LogP) is 1.86. The fourth-order valence-electron chi connectivity index (χ4n) is 2.43. The van der Waals surface area contributed by atoms with Crippen LogP contribution in [-0.2, 0) is 13.0 Å². The Hall–Kier alpha value is -0.900. The molecular formula is C13H24N4.